The van der Waals surface area contributed by atoms with Crippen LogP contribution < -0.4 is 0 Å². The summed E-state index contributed by atoms with van der Waals surface area (Å²) in [5, 5.41) is 12.2. The molecule has 0 bridgehead atoms. The van der Waals surface area contributed by atoms with Gasteiger partial charge in [-0.25, -0.2) is 4.98 Å². The topological polar surface area (TPSA) is 87.4 Å². The first-order chi connectivity index (χ1) is 17.4. The molecule has 1 amide bonds. The summed E-state index contributed by atoms with van der Waals surface area (Å²) in [7, 11) is 0. The van der Waals surface area contributed by atoms with E-state index >= 15 is 0 Å². The monoisotopic (exact) mass is 528 g/mol. The number of aliphatic hydroxyl groups is 1. The lowest BCUT2D eigenvalue weighted by atomic mass is 9.96. The number of imidazole rings is 1. The highest BCUT2D eigenvalue weighted by Gasteiger charge is 2.46. The molecule has 2 aromatic heterocycles. The van der Waals surface area contributed by atoms with Gasteiger partial charge in [-0.05, 0) is 43.2 Å². The largest absolute Gasteiger partial charge is 0.505 e. The Morgan fingerprint density at radius 2 is 1.89 bits per heavy atom. The van der Waals surface area contributed by atoms with Gasteiger partial charge in [0.25, 0.3) is 11.7 Å². The third-order valence-corrected chi connectivity index (χ3v) is 7.44. The van der Waals surface area contributed by atoms with Crippen molar-refractivity contribution in [2.45, 2.75) is 19.4 Å². The number of fused-ring (bicyclic) bond motifs is 1. The van der Waals surface area contributed by atoms with Gasteiger partial charge in [-0.3, -0.25) is 18.9 Å². The first-order valence-corrected chi connectivity index (χ1v) is 12.6. The SMILES string of the molecule is Cc1nc2ccccn2c1/C(O)=C1\C(=O)C(=O)N(CCCN2CCOCC2)C1c1ccc(Cl)c(Cl)c1. The maximum absolute atomic E-state index is 13.4. The Balaban J connectivity index is 1.57. The van der Waals surface area contributed by atoms with Gasteiger partial charge in [-0.15, -0.1) is 0 Å². The number of carbonyl (C=O) groups is 2. The summed E-state index contributed by atoms with van der Waals surface area (Å²) in [6, 6.07) is 9.66. The van der Waals surface area contributed by atoms with E-state index in [9.17, 15) is 14.7 Å². The lowest BCUT2D eigenvalue weighted by Crippen LogP contribution is -2.38. The number of halogens is 2. The fraction of sp³-hybridized carbons (Fsp3) is 0.346. The van der Waals surface area contributed by atoms with Crippen LogP contribution in [0.2, 0.25) is 10.0 Å². The molecule has 1 N–H and O–H groups in total. The van der Waals surface area contributed by atoms with Crippen molar-refractivity contribution in [2.75, 3.05) is 39.4 Å². The van der Waals surface area contributed by atoms with Crippen molar-refractivity contribution in [2.24, 2.45) is 0 Å². The van der Waals surface area contributed by atoms with Crippen LogP contribution in [0.15, 0.2) is 48.2 Å². The highest BCUT2D eigenvalue weighted by atomic mass is 35.5. The number of carbonyl (C=O) groups excluding carboxylic acids is 2. The highest BCUT2D eigenvalue weighted by Crippen LogP contribution is 2.41. The van der Waals surface area contributed by atoms with Gasteiger partial charge in [0.05, 0.1) is 40.6 Å². The maximum Gasteiger partial charge on any atom is 0.295 e. The fourth-order valence-corrected chi connectivity index (χ4v) is 5.26. The number of aliphatic hydroxyl groups excluding tert-OH is 1. The van der Waals surface area contributed by atoms with Gasteiger partial charge in [0.2, 0.25) is 0 Å². The first kappa shape index (κ1) is 24.8. The molecule has 2 aliphatic heterocycles. The van der Waals surface area contributed by atoms with E-state index in [-0.39, 0.29) is 11.3 Å². The summed E-state index contributed by atoms with van der Waals surface area (Å²) in [6.07, 6.45) is 2.43. The van der Waals surface area contributed by atoms with E-state index in [0.717, 1.165) is 19.6 Å². The van der Waals surface area contributed by atoms with E-state index in [1.54, 1.807) is 35.7 Å². The minimum Gasteiger partial charge on any atom is -0.505 e. The fourth-order valence-electron chi connectivity index (χ4n) is 4.96. The average molecular weight is 529 g/mol. The number of pyridine rings is 1. The molecule has 0 aliphatic carbocycles. The third-order valence-electron chi connectivity index (χ3n) is 6.70. The summed E-state index contributed by atoms with van der Waals surface area (Å²) in [6.45, 7) is 5.92. The molecule has 1 atom stereocenters. The molecule has 2 aliphatic rings. The second-order valence-electron chi connectivity index (χ2n) is 8.95. The van der Waals surface area contributed by atoms with Crippen molar-refractivity contribution in [1.29, 1.82) is 0 Å². The van der Waals surface area contributed by atoms with Crippen LogP contribution in [0.3, 0.4) is 0 Å². The first-order valence-electron chi connectivity index (χ1n) is 11.8. The number of Topliss-reactive ketones (excluding diaryl/α,β-unsaturated/α-hetero) is 1. The van der Waals surface area contributed by atoms with Gasteiger partial charge < -0.3 is 14.7 Å². The minimum atomic E-state index is -0.807. The standard InChI is InChI=1S/C26H26Cl2N4O4/c1-16-22(31-9-3-2-5-20(31)29-16)24(33)21-23(17-6-7-18(27)19(28)15-17)32(26(35)25(21)34)10-4-8-30-11-13-36-14-12-30/h2-3,5-7,9,15,23,33H,4,8,10-14H2,1H3/b24-21+. The molecule has 2 fully saturated rings. The number of aromatic nitrogens is 2. The molecule has 0 saturated carbocycles. The predicted octanol–water partition coefficient (Wildman–Crippen LogP) is 4.09. The van der Waals surface area contributed by atoms with Gasteiger partial charge in [0, 0.05) is 32.4 Å². The predicted molar refractivity (Wildman–Crippen MR) is 137 cm³/mol. The number of ketones is 1. The molecule has 36 heavy (non-hydrogen) atoms. The van der Waals surface area contributed by atoms with Crippen LogP contribution in [0.1, 0.15) is 29.4 Å². The van der Waals surface area contributed by atoms with Gasteiger partial charge in [0.15, 0.2) is 5.76 Å². The number of hydrogen-bond acceptors (Lipinski definition) is 6. The van der Waals surface area contributed by atoms with Crippen LogP contribution in [0.4, 0.5) is 0 Å². The van der Waals surface area contributed by atoms with Crippen molar-refractivity contribution in [1.82, 2.24) is 19.2 Å². The van der Waals surface area contributed by atoms with Gasteiger partial charge in [0.1, 0.15) is 11.3 Å². The zero-order chi connectivity index (χ0) is 25.4. The lowest BCUT2D eigenvalue weighted by molar-refractivity contribution is -0.140. The summed E-state index contributed by atoms with van der Waals surface area (Å²) in [4.78, 5) is 34.9. The van der Waals surface area contributed by atoms with Crippen LogP contribution in [0.25, 0.3) is 11.4 Å². The molecule has 2 saturated heterocycles. The summed E-state index contributed by atoms with van der Waals surface area (Å²) in [5.41, 5.74) is 2.16. The Morgan fingerprint density at radius 1 is 1.11 bits per heavy atom. The number of aryl methyl sites for hydroxylation is 1. The summed E-state index contributed by atoms with van der Waals surface area (Å²) >= 11 is 12.5. The van der Waals surface area contributed by atoms with Gasteiger partial charge >= 0.3 is 0 Å². The van der Waals surface area contributed by atoms with Crippen LogP contribution in [0, 0.1) is 6.92 Å². The molecule has 1 unspecified atom stereocenters. The van der Waals surface area contributed by atoms with Crippen molar-refractivity contribution in [3.05, 3.63) is 75.2 Å². The molecular weight excluding hydrogens is 503 g/mol. The van der Waals surface area contributed by atoms with E-state index in [1.807, 2.05) is 18.2 Å². The molecule has 10 heteroatoms. The van der Waals surface area contributed by atoms with E-state index in [2.05, 4.69) is 9.88 Å². The lowest BCUT2D eigenvalue weighted by Gasteiger charge is -2.29. The summed E-state index contributed by atoms with van der Waals surface area (Å²) < 4.78 is 7.12. The number of nitrogens with zero attached hydrogens (tertiary/aromatic N) is 4. The van der Waals surface area contributed by atoms with E-state index in [1.165, 1.54) is 4.90 Å². The van der Waals surface area contributed by atoms with Crippen molar-refractivity contribution in [3.63, 3.8) is 0 Å². The van der Waals surface area contributed by atoms with Crippen LogP contribution in [0.5, 0.6) is 0 Å². The molecule has 0 spiro atoms. The smallest absolute Gasteiger partial charge is 0.295 e. The molecule has 4 heterocycles. The Hall–Kier alpha value is -2.91. The Bertz CT molecular complexity index is 1360. The Morgan fingerprint density at radius 3 is 2.64 bits per heavy atom. The van der Waals surface area contributed by atoms with E-state index in [0.29, 0.717) is 58.8 Å². The molecule has 188 valence electrons. The zero-order valence-electron chi connectivity index (χ0n) is 19.8. The quantitative estimate of drug-likeness (QED) is 0.294. The minimum absolute atomic E-state index is 0.0125. The average Bonchev–Trinajstić information content (AvgIpc) is 3.34. The molecule has 0 radical (unpaired) electrons. The highest BCUT2D eigenvalue weighted by molar-refractivity contribution is 6.46. The van der Waals surface area contributed by atoms with Gasteiger partial charge in [-0.2, -0.15) is 0 Å². The number of morpholine rings is 1. The van der Waals surface area contributed by atoms with Gasteiger partial charge in [-0.1, -0.05) is 35.3 Å². The maximum atomic E-state index is 13.4. The number of benzene rings is 1. The Kier molecular flexibility index (Phi) is 7.03. The van der Waals surface area contributed by atoms with E-state index < -0.39 is 17.7 Å². The molecule has 3 aromatic rings. The molecule has 1 aromatic carbocycles. The normalized spacial score (nSPS) is 20.5. The second-order valence-corrected chi connectivity index (χ2v) is 9.76. The van der Waals surface area contributed by atoms with E-state index in [4.69, 9.17) is 27.9 Å². The number of amides is 1. The van der Waals surface area contributed by atoms with Crippen molar-refractivity contribution < 1.29 is 19.4 Å². The number of ether oxygens (including phenoxy) is 1. The van der Waals surface area contributed by atoms with Crippen LogP contribution in [-0.4, -0.2) is 75.4 Å². The number of rotatable bonds is 6. The number of hydrogen-bond donors (Lipinski definition) is 1. The number of likely N-dealkylation sites (tertiary alicyclic amines) is 1. The zero-order valence-corrected chi connectivity index (χ0v) is 21.3. The third kappa shape index (κ3) is 4.50. The molecule has 8 nitrogen and oxygen atoms in total. The van der Waals surface area contributed by atoms with Crippen LogP contribution in [-0.2, 0) is 14.3 Å². The molecule has 5 rings (SSSR count). The van der Waals surface area contributed by atoms with Crippen molar-refractivity contribution in [3.8, 4) is 0 Å². The summed E-state index contributed by atoms with van der Waals surface area (Å²) in [5.74, 6) is -1.65. The Labute approximate surface area is 218 Å². The molecular formula is C26H26Cl2N4O4. The second kappa shape index (κ2) is 10.2. The van der Waals surface area contributed by atoms with Crippen LogP contribution >= 0.6 is 23.2 Å². The van der Waals surface area contributed by atoms with Crippen molar-refractivity contribution >= 4 is 46.3 Å².